The van der Waals surface area contributed by atoms with Crippen molar-refractivity contribution >= 4 is 44.7 Å². The molecule has 3 aliphatic carbocycles. The van der Waals surface area contributed by atoms with E-state index in [1.807, 2.05) is 12.2 Å². The summed E-state index contributed by atoms with van der Waals surface area (Å²) in [6.07, 6.45) is 9.66. The maximum atomic E-state index is 12.7. The van der Waals surface area contributed by atoms with Crippen molar-refractivity contribution < 1.29 is 23.1 Å². The number of fused-ring (bicyclic) bond motifs is 2. The van der Waals surface area contributed by atoms with Crippen molar-refractivity contribution in [2.75, 3.05) is 6.54 Å². The number of sulfonamides is 1. The molecule has 10 heteroatoms. The van der Waals surface area contributed by atoms with Crippen LogP contribution < -0.4 is 15.4 Å². The first kappa shape index (κ1) is 22.8. The highest BCUT2D eigenvalue weighted by Gasteiger charge is 2.43. The van der Waals surface area contributed by atoms with Crippen LogP contribution in [0.3, 0.4) is 0 Å². The number of benzene rings is 1. The Morgan fingerprint density at radius 2 is 1.91 bits per heavy atom. The van der Waals surface area contributed by atoms with Crippen LogP contribution in [-0.4, -0.2) is 42.2 Å². The van der Waals surface area contributed by atoms with E-state index >= 15 is 0 Å². The Kier molecular flexibility index (Phi) is 6.61. The summed E-state index contributed by atoms with van der Waals surface area (Å²) >= 11 is 2.43. The number of urea groups is 1. The Morgan fingerprint density at radius 1 is 1.16 bits per heavy atom. The number of hydrogen-bond donors (Lipinski definition) is 4. The molecule has 0 saturated heterocycles. The summed E-state index contributed by atoms with van der Waals surface area (Å²) in [7, 11) is -4.04. The smallest absolute Gasteiger partial charge is 0.404 e. The molecule has 3 amide bonds. The SMILES string of the molecule is O=C(O)NCCc1ccc(S(=O)(=O)NC(=O)NC2C3C=CC=C3C=C3C(I)CCC32)cc1. The van der Waals surface area contributed by atoms with Gasteiger partial charge in [-0.25, -0.2) is 22.7 Å². The standard InChI is InChI=1S/C22H24IN3O5S/c23-19-9-8-17-18(19)12-14-2-1-3-16(14)20(17)25-21(27)26-32(30,31)15-6-4-13(5-7-15)10-11-24-22(28)29/h1-7,12,16-17,19-20,24H,8-11H2,(H,28,29)(H2,25,26,27). The van der Waals surface area contributed by atoms with Gasteiger partial charge in [-0.05, 0) is 42.5 Å². The highest BCUT2D eigenvalue weighted by Crippen LogP contribution is 2.47. The van der Waals surface area contributed by atoms with Crippen LogP contribution in [0, 0.1) is 11.8 Å². The summed E-state index contributed by atoms with van der Waals surface area (Å²) in [6, 6.07) is 5.11. The van der Waals surface area contributed by atoms with E-state index < -0.39 is 22.1 Å². The number of allylic oxidation sites excluding steroid dienone is 3. The van der Waals surface area contributed by atoms with Crippen LogP contribution in [0.5, 0.6) is 0 Å². The molecule has 4 rings (SSSR count). The van der Waals surface area contributed by atoms with Crippen molar-refractivity contribution in [2.45, 2.75) is 34.1 Å². The Hall–Kier alpha value is -2.34. The third kappa shape index (κ3) is 4.85. The minimum Gasteiger partial charge on any atom is -0.465 e. The summed E-state index contributed by atoms with van der Waals surface area (Å²) in [6.45, 7) is 0.227. The Morgan fingerprint density at radius 3 is 2.62 bits per heavy atom. The van der Waals surface area contributed by atoms with Crippen LogP contribution >= 0.6 is 22.6 Å². The fraction of sp³-hybridized carbons (Fsp3) is 0.364. The fourth-order valence-corrected chi connectivity index (χ4v) is 6.52. The Bertz CT molecular complexity index is 1110. The van der Waals surface area contributed by atoms with E-state index in [0.717, 1.165) is 24.0 Å². The van der Waals surface area contributed by atoms with Crippen molar-refractivity contribution in [2.24, 2.45) is 11.8 Å². The number of amides is 3. The molecule has 4 unspecified atom stereocenters. The van der Waals surface area contributed by atoms with E-state index in [-0.39, 0.29) is 29.3 Å². The number of carboxylic acid groups (broad SMARTS) is 1. The number of hydrogen-bond acceptors (Lipinski definition) is 4. The lowest BCUT2D eigenvalue weighted by Crippen LogP contribution is -2.51. The molecule has 0 aliphatic heterocycles. The third-order valence-corrected chi connectivity index (χ3v) is 8.80. The molecule has 170 valence electrons. The summed E-state index contributed by atoms with van der Waals surface area (Å²) in [5.74, 6) is 0.256. The molecule has 1 aromatic rings. The molecule has 0 radical (unpaired) electrons. The van der Waals surface area contributed by atoms with Gasteiger partial charge in [-0.2, -0.15) is 0 Å². The summed E-state index contributed by atoms with van der Waals surface area (Å²) < 4.78 is 28.0. The average molecular weight is 569 g/mol. The van der Waals surface area contributed by atoms with E-state index in [1.54, 1.807) is 12.1 Å². The second-order valence-electron chi connectivity index (χ2n) is 8.10. The van der Waals surface area contributed by atoms with Gasteiger partial charge in [-0.3, -0.25) is 0 Å². The Labute approximate surface area is 200 Å². The van der Waals surface area contributed by atoms with E-state index in [4.69, 9.17) is 5.11 Å². The lowest BCUT2D eigenvalue weighted by molar-refractivity contribution is 0.194. The third-order valence-electron chi connectivity index (χ3n) is 6.12. The van der Waals surface area contributed by atoms with E-state index in [9.17, 15) is 18.0 Å². The van der Waals surface area contributed by atoms with Gasteiger partial charge in [-0.1, -0.05) is 64.6 Å². The van der Waals surface area contributed by atoms with Gasteiger partial charge in [0, 0.05) is 28.3 Å². The van der Waals surface area contributed by atoms with Crippen LogP contribution in [-0.2, 0) is 16.4 Å². The van der Waals surface area contributed by atoms with Gasteiger partial charge in [-0.15, -0.1) is 0 Å². The average Bonchev–Trinajstić information content (AvgIpc) is 3.35. The van der Waals surface area contributed by atoms with Crippen LogP contribution in [0.1, 0.15) is 18.4 Å². The van der Waals surface area contributed by atoms with Gasteiger partial charge in [0.05, 0.1) is 4.90 Å². The number of nitrogens with one attached hydrogen (secondary N) is 3. The molecule has 3 aliphatic rings. The predicted octanol–water partition coefficient (Wildman–Crippen LogP) is 3.12. The van der Waals surface area contributed by atoms with Gasteiger partial charge in [0.2, 0.25) is 0 Å². The molecule has 8 nitrogen and oxygen atoms in total. The summed E-state index contributed by atoms with van der Waals surface area (Å²) in [4.78, 5) is 23.2. The van der Waals surface area contributed by atoms with E-state index in [0.29, 0.717) is 10.3 Å². The molecule has 1 saturated carbocycles. The monoisotopic (exact) mass is 569 g/mol. The lowest BCUT2D eigenvalue weighted by atomic mass is 9.76. The zero-order valence-electron chi connectivity index (χ0n) is 17.1. The summed E-state index contributed by atoms with van der Waals surface area (Å²) in [5, 5.41) is 13.8. The normalized spacial score (nSPS) is 25.9. The molecular formula is C22H24IN3O5S. The predicted molar refractivity (Wildman–Crippen MR) is 128 cm³/mol. The number of alkyl halides is 1. The maximum absolute atomic E-state index is 12.7. The maximum Gasteiger partial charge on any atom is 0.404 e. The number of rotatable bonds is 6. The molecule has 0 bridgehead atoms. The van der Waals surface area contributed by atoms with Gasteiger partial charge in [0.15, 0.2) is 0 Å². The molecule has 4 atom stereocenters. The molecular weight excluding hydrogens is 545 g/mol. The van der Waals surface area contributed by atoms with Crippen LogP contribution in [0.25, 0.3) is 0 Å². The molecule has 1 aromatic carbocycles. The second kappa shape index (κ2) is 9.26. The van der Waals surface area contributed by atoms with E-state index in [1.165, 1.54) is 17.7 Å². The van der Waals surface area contributed by atoms with Crippen LogP contribution in [0.2, 0.25) is 0 Å². The van der Waals surface area contributed by atoms with Crippen molar-refractivity contribution in [1.29, 1.82) is 0 Å². The van der Waals surface area contributed by atoms with Gasteiger partial charge in [0.25, 0.3) is 10.0 Å². The topological polar surface area (TPSA) is 125 Å². The second-order valence-corrected chi connectivity index (χ2v) is 11.3. The first-order chi connectivity index (χ1) is 15.2. The molecule has 32 heavy (non-hydrogen) atoms. The van der Waals surface area contributed by atoms with Crippen molar-refractivity contribution in [1.82, 2.24) is 15.4 Å². The van der Waals surface area contributed by atoms with Gasteiger partial charge < -0.3 is 15.7 Å². The number of halogens is 1. The number of carbonyl (C=O) groups is 2. The van der Waals surface area contributed by atoms with Crippen molar-refractivity contribution in [3.05, 3.63) is 65.3 Å². The van der Waals surface area contributed by atoms with Crippen LogP contribution in [0.4, 0.5) is 9.59 Å². The largest absolute Gasteiger partial charge is 0.465 e. The van der Waals surface area contributed by atoms with Crippen molar-refractivity contribution in [3.63, 3.8) is 0 Å². The zero-order chi connectivity index (χ0) is 22.9. The lowest BCUT2D eigenvalue weighted by Gasteiger charge is -2.35. The highest BCUT2D eigenvalue weighted by atomic mass is 127. The molecule has 0 spiro atoms. The molecule has 1 fully saturated rings. The quantitative estimate of drug-likeness (QED) is 0.310. The Balaban J connectivity index is 1.41. The zero-order valence-corrected chi connectivity index (χ0v) is 20.1. The fourth-order valence-electron chi connectivity index (χ4n) is 4.60. The first-order valence-corrected chi connectivity index (χ1v) is 13.1. The minimum atomic E-state index is -4.04. The van der Waals surface area contributed by atoms with Gasteiger partial charge >= 0.3 is 12.1 Å². The van der Waals surface area contributed by atoms with Crippen molar-refractivity contribution in [3.8, 4) is 0 Å². The highest BCUT2D eigenvalue weighted by molar-refractivity contribution is 14.1. The first-order valence-electron chi connectivity index (χ1n) is 10.4. The minimum absolute atomic E-state index is 0.0265. The molecule has 4 N–H and O–H groups in total. The summed E-state index contributed by atoms with van der Waals surface area (Å²) in [5.41, 5.74) is 3.25. The van der Waals surface area contributed by atoms with E-state index in [2.05, 4.69) is 50.1 Å². The molecule has 0 aromatic heterocycles. The van der Waals surface area contributed by atoms with Crippen LogP contribution in [0.15, 0.2) is 64.6 Å². The molecule has 0 heterocycles. The van der Waals surface area contributed by atoms with Gasteiger partial charge in [0.1, 0.15) is 0 Å². The number of carbonyl (C=O) groups excluding carboxylic acids is 1.